The fraction of sp³-hybridized carbons (Fsp3) is 0.125. The van der Waals surface area contributed by atoms with Crippen LogP contribution in [0.1, 0.15) is 5.56 Å². The third-order valence-electron chi connectivity index (χ3n) is 3.97. The largest absolute Gasteiger partial charge is 0.398 e. The molecule has 0 saturated carbocycles. The van der Waals surface area contributed by atoms with Gasteiger partial charge in [0.25, 0.3) is 0 Å². The minimum absolute atomic E-state index is 0.768. The average molecular weight is 277 g/mol. The Bertz CT molecular complexity index is 977. The Hall–Kier alpha value is -2.82. The maximum atomic E-state index is 6.03. The number of hydrogen-bond acceptors (Lipinski definition) is 3. The molecule has 0 radical (unpaired) electrons. The van der Waals surface area contributed by atoms with Crippen molar-refractivity contribution >= 4 is 22.5 Å². The quantitative estimate of drug-likeness (QED) is 0.544. The first-order valence-corrected chi connectivity index (χ1v) is 6.82. The van der Waals surface area contributed by atoms with Crippen molar-refractivity contribution < 1.29 is 0 Å². The molecule has 0 aliphatic rings. The van der Waals surface area contributed by atoms with Crippen LogP contribution in [-0.2, 0) is 7.05 Å². The molecule has 2 heterocycles. The summed E-state index contributed by atoms with van der Waals surface area (Å²) in [6.45, 7) is 2.00. The molecule has 4 rings (SSSR count). The van der Waals surface area contributed by atoms with Crippen LogP contribution in [0.2, 0.25) is 0 Å². The van der Waals surface area contributed by atoms with Gasteiger partial charge < -0.3 is 10.3 Å². The number of anilines is 1. The minimum atomic E-state index is 0.768. The van der Waals surface area contributed by atoms with Crippen LogP contribution in [-0.4, -0.2) is 19.2 Å². The Morgan fingerprint density at radius 1 is 1.00 bits per heavy atom. The number of benzene rings is 2. The Morgan fingerprint density at radius 3 is 2.52 bits per heavy atom. The Kier molecular flexibility index (Phi) is 2.33. The lowest BCUT2D eigenvalue weighted by molar-refractivity contribution is 0.954. The fourth-order valence-electron chi connectivity index (χ4n) is 2.73. The molecule has 104 valence electrons. The van der Waals surface area contributed by atoms with E-state index in [0.29, 0.717) is 0 Å². The van der Waals surface area contributed by atoms with E-state index in [4.69, 9.17) is 5.73 Å². The first kappa shape index (κ1) is 12.0. The number of fused-ring (bicyclic) bond motifs is 3. The summed E-state index contributed by atoms with van der Waals surface area (Å²) in [7, 11) is 2.00. The molecule has 0 atom stereocenters. The summed E-state index contributed by atoms with van der Waals surface area (Å²) in [6, 6.07) is 14.2. The summed E-state index contributed by atoms with van der Waals surface area (Å²) in [4.78, 5) is 0. The van der Waals surface area contributed by atoms with Crippen LogP contribution in [0.5, 0.6) is 0 Å². The van der Waals surface area contributed by atoms with Crippen molar-refractivity contribution in [2.75, 3.05) is 5.73 Å². The first-order valence-electron chi connectivity index (χ1n) is 6.82. The summed E-state index contributed by atoms with van der Waals surface area (Å²) in [5.74, 6) is 1.64. The van der Waals surface area contributed by atoms with Crippen LogP contribution >= 0.6 is 0 Å². The monoisotopic (exact) mass is 277 g/mol. The van der Waals surface area contributed by atoms with Gasteiger partial charge in [-0.15, -0.1) is 10.2 Å². The number of nitrogen functional groups attached to an aromatic ring is 1. The second kappa shape index (κ2) is 4.09. The molecule has 5 heteroatoms. The maximum absolute atomic E-state index is 6.03. The third kappa shape index (κ3) is 1.57. The van der Waals surface area contributed by atoms with E-state index < -0.39 is 0 Å². The summed E-state index contributed by atoms with van der Waals surface area (Å²) < 4.78 is 4.11. The van der Waals surface area contributed by atoms with Crippen molar-refractivity contribution in [3.63, 3.8) is 0 Å². The normalized spacial score (nSPS) is 11.5. The average Bonchev–Trinajstić information content (AvgIpc) is 3.04. The lowest BCUT2D eigenvalue weighted by atomic mass is 10.1. The number of hydrogen-bond donors (Lipinski definition) is 1. The van der Waals surface area contributed by atoms with Crippen molar-refractivity contribution in [3.8, 4) is 11.4 Å². The van der Waals surface area contributed by atoms with E-state index >= 15 is 0 Å². The molecule has 2 N–H and O–H groups in total. The van der Waals surface area contributed by atoms with Gasteiger partial charge in [0.2, 0.25) is 5.78 Å². The summed E-state index contributed by atoms with van der Waals surface area (Å²) in [5, 5.41) is 8.66. The van der Waals surface area contributed by atoms with Crippen LogP contribution in [0, 0.1) is 6.92 Å². The molecule has 0 aliphatic carbocycles. The number of aryl methyl sites for hydroxylation is 2. The second-order valence-electron chi connectivity index (χ2n) is 5.28. The van der Waals surface area contributed by atoms with Gasteiger partial charge in [-0.25, -0.2) is 0 Å². The number of nitrogens with zero attached hydrogens (tertiary/aromatic N) is 4. The topological polar surface area (TPSA) is 61.1 Å². The van der Waals surface area contributed by atoms with Gasteiger partial charge in [0, 0.05) is 18.3 Å². The first-order chi connectivity index (χ1) is 10.2. The van der Waals surface area contributed by atoms with Crippen LogP contribution in [0.25, 0.3) is 28.2 Å². The predicted octanol–water partition coefficient (Wildman–Crippen LogP) is 2.78. The standard InChI is InChI=1S/C16H15N5/c1-10-7-8-11(9-12(10)17)15-18-19-16-20(2)13-5-3-4-6-14(13)21(15)16/h3-9H,17H2,1-2H3. The van der Waals surface area contributed by atoms with Crippen LogP contribution < -0.4 is 5.73 Å². The van der Waals surface area contributed by atoms with Crippen molar-refractivity contribution in [2.45, 2.75) is 6.92 Å². The van der Waals surface area contributed by atoms with Gasteiger partial charge in [-0.3, -0.25) is 4.40 Å². The molecule has 0 bridgehead atoms. The molecule has 2 aromatic carbocycles. The zero-order valence-corrected chi connectivity index (χ0v) is 11.9. The fourth-order valence-corrected chi connectivity index (χ4v) is 2.73. The van der Waals surface area contributed by atoms with Gasteiger partial charge in [-0.1, -0.05) is 24.3 Å². The minimum Gasteiger partial charge on any atom is -0.398 e. The molecule has 0 amide bonds. The van der Waals surface area contributed by atoms with E-state index in [9.17, 15) is 0 Å². The number of imidazole rings is 1. The van der Waals surface area contributed by atoms with Gasteiger partial charge in [0.1, 0.15) is 0 Å². The number of rotatable bonds is 1. The number of para-hydroxylation sites is 2. The SMILES string of the molecule is Cc1ccc(-c2nnc3n(C)c4ccccc4n23)cc1N. The third-order valence-corrected chi connectivity index (χ3v) is 3.97. The number of nitrogens with two attached hydrogens (primary N) is 1. The highest BCUT2D eigenvalue weighted by atomic mass is 15.3. The van der Waals surface area contributed by atoms with Crippen LogP contribution in [0.15, 0.2) is 42.5 Å². The lowest BCUT2D eigenvalue weighted by Crippen LogP contribution is -1.93. The van der Waals surface area contributed by atoms with Crippen LogP contribution in [0.3, 0.4) is 0 Å². The van der Waals surface area contributed by atoms with Gasteiger partial charge in [-0.2, -0.15) is 0 Å². The molecule has 21 heavy (non-hydrogen) atoms. The Morgan fingerprint density at radius 2 is 1.76 bits per heavy atom. The zero-order valence-electron chi connectivity index (χ0n) is 11.9. The van der Waals surface area contributed by atoms with E-state index in [2.05, 4.69) is 26.7 Å². The highest BCUT2D eigenvalue weighted by molar-refractivity contribution is 5.83. The molecule has 5 nitrogen and oxygen atoms in total. The smallest absolute Gasteiger partial charge is 0.236 e. The Balaban J connectivity index is 2.10. The summed E-state index contributed by atoms with van der Waals surface area (Å²) in [5.41, 5.74) is 11.1. The summed E-state index contributed by atoms with van der Waals surface area (Å²) in [6.07, 6.45) is 0. The molecule has 4 aromatic rings. The van der Waals surface area contributed by atoms with Gasteiger partial charge in [0.05, 0.1) is 11.0 Å². The highest BCUT2D eigenvalue weighted by Crippen LogP contribution is 2.27. The van der Waals surface area contributed by atoms with E-state index in [1.165, 1.54) is 0 Å². The maximum Gasteiger partial charge on any atom is 0.236 e. The molecule has 2 aromatic heterocycles. The molecular weight excluding hydrogens is 262 g/mol. The van der Waals surface area contributed by atoms with E-state index in [0.717, 1.165) is 39.4 Å². The van der Waals surface area contributed by atoms with Crippen molar-refractivity contribution in [1.82, 2.24) is 19.2 Å². The number of aromatic nitrogens is 4. The molecule has 0 unspecified atom stereocenters. The van der Waals surface area contributed by atoms with Crippen molar-refractivity contribution in [2.24, 2.45) is 7.05 Å². The second-order valence-corrected chi connectivity index (χ2v) is 5.28. The van der Waals surface area contributed by atoms with E-state index in [1.54, 1.807) is 0 Å². The molecular formula is C16H15N5. The molecule has 0 fully saturated rings. The molecule has 0 saturated heterocycles. The van der Waals surface area contributed by atoms with Crippen molar-refractivity contribution in [3.05, 3.63) is 48.0 Å². The van der Waals surface area contributed by atoms with E-state index in [1.807, 2.05) is 48.9 Å². The van der Waals surface area contributed by atoms with Crippen LogP contribution in [0.4, 0.5) is 5.69 Å². The zero-order chi connectivity index (χ0) is 14.6. The van der Waals surface area contributed by atoms with Crippen molar-refractivity contribution in [1.29, 1.82) is 0 Å². The summed E-state index contributed by atoms with van der Waals surface area (Å²) >= 11 is 0. The highest BCUT2D eigenvalue weighted by Gasteiger charge is 2.15. The van der Waals surface area contributed by atoms with Gasteiger partial charge in [-0.05, 0) is 30.7 Å². The van der Waals surface area contributed by atoms with Gasteiger partial charge in [0.15, 0.2) is 5.82 Å². The Labute approximate surface area is 121 Å². The molecule has 0 aliphatic heterocycles. The van der Waals surface area contributed by atoms with E-state index in [-0.39, 0.29) is 0 Å². The predicted molar refractivity (Wildman–Crippen MR) is 84.0 cm³/mol. The lowest BCUT2D eigenvalue weighted by Gasteiger charge is -2.03. The molecule has 0 spiro atoms. The van der Waals surface area contributed by atoms with Gasteiger partial charge >= 0.3 is 0 Å².